The Balaban J connectivity index is 0.000000379. The molecule has 3 aromatic heterocycles. The smallest absolute Gasteiger partial charge is 0.267 e. The summed E-state index contributed by atoms with van der Waals surface area (Å²) in [5.41, 5.74) is 0.546. The first-order chi connectivity index (χ1) is 18.7. The van der Waals surface area contributed by atoms with E-state index in [0.717, 1.165) is 59.8 Å². The molecule has 4 aromatic rings. The summed E-state index contributed by atoms with van der Waals surface area (Å²) in [6.45, 7) is 3.47. The molecule has 0 saturated heterocycles. The maximum Gasteiger partial charge on any atom is 0.418 e. The van der Waals surface area contributed by atoms with Crippen molar-refractivity contribution in [2.75, 3.05) is 0 Å². The highest BCUT2D eigenvalue weighted by atomic mass is 32.1. The molecule has 5 rings (SSSR count). The van der Waals surface area contributed by atoms with Crippen molar-refractivity contribution < 1.29 is 17.6 Å². The minimum atomic E-state index is -4.56. The normalized spacial score (nSPS) is 14.1. The van der Waals surface area contributed by atoms with E-state index in [9.17, 15) is 22.4 Å². The second-order valence-electron chi connectivity index (χ2n) is 9.43. The fraction of sp³-hybridized carbons (Fsp3) is 0.393. The number of aromatic nitrogens is 5. The van der Waals surface area contributed by atoms with Gasteiger partial charge in [0, 0.05) is 11.8 Å². The Morgan fingerprint density at radius 3 is 2.44 bits per heavy atom. The highest BCUT2D eigenvalue weighted by molar-refractivity contribution is 7.14. The van der Waals surface area contributed by atoms with Crippen molar-refractivity contribution in [1.82, 2.24) is 25.0 Å². The van der Waals surface area contributed by atoms with Gasteiger partial charge in [0.1, 0.15) is 16.5 Å². The Labute approximate surface area is 227 Å². The van der Waals surface area contributed by atoms with E-state index in [-0.39, 0.29) is 29.5 Å². The van der Waals surface area contributed by atoms with Gasteiger partial charge in [-0.2, -0.15) is 18.3 Å². The molecule has 0 amide bonds. The number of aryl methyl sites for hydroxylation is 2. The zero-order valence-corrected chi connectivity index (χ0v) is 22.5. The van der Waals surface area contributed by atoms with Crippen LogP contribution in [-0.2, 0) is 19.1 Å². The predicted molar refractivity (Wildman–Crippen MR) is 142 cm³/mol. The molecule has 1 fully saturated rings. The number of benzene rings is 1. The van der Waals surface area contributed by atoms with Gasteiger partial charge in [0.15, 0.2) is 5.01 Å². The third-order valence-electron chi connectivity index (χ3n) is 6.51. The van der Waals surface area contributed by atoms with Crippen molar-refractivity contribution in [2.45, 2.75) is 71.0 Å². The molecule has 1 aromatic carbocycles. The fourth-order valence-corrected chi connectivity index (χ4v) is 5.28. The number of alkyl halides is 3. The van der Waals surface area contributed by atoms with Gasteiger partial charge in [-0.3, -0.25) is 9.78 Å². The SMILES string of the molecule is CCc1nnc(-c2cc(C3CCCCC3)c(=O)n(Cc3ncccc3C(F)(F)F)n2)s1.Cc1cccc(F)c1. The lowest BCUT2D eigenvalue weighted by molar-refractivity contribution is -0.138. The van der Waals surface area contributed by atoms with Gasteiger partial charge in [0.2, 0.25) is 0 Å². The number of nitrogens with zero attached hydrogens (tertiary/aromatic N) is 5. The molecule has 0 unspecified atom stereocenters. The van der Waals surface area contributed by atoms with Crippen LogP contribution in [0, 0.1) is 12.7 Å². The molecule has 0 spiro atoms. The van der Waals surface area contributed by atoms with E-state index in [1.54, 1.807) is 12.1 Å². The van der Waals surface area contributed by atoms with Gasteiger partial charge >= 0.3 is 6.18 Å². The molecule has 0 radical (unpaired) electrons. The van der Waals surface area contributed by atoms with E-state index in [1.807, 2.05) is 19.9 Å². The quantitative estimate of drug-likeness (QED) is 0.247. The number of hydrogen-bond acceptors (Lipinski definition) is 6. The van der Waals surface area contributed by atoms with Gasteiger partial charge in [-0.05, 0) is 68.0 Å². The number of rotatable bonds is 5. The third kappa shape index (κ3) is 7.35. The number of pyridine rings is 1. The first-order valence-corrected chi connectivity index (χ1v) is 13.7. The summed E-state index contributed by atoms with van der Waals surface area (Å²) in [5.74, 6) is -0.0939. The average Bonchev–Trinajstić information content (AvgIpc) is 3.40. The van der Waals surface area contributed by atoms with E-state index in [4.69, 9.17) is 0 Å². The monoisotopic (exact) mass is 559 g/mol. The third-order valence-corrected chi connectivity index (χ3v) is 7.60. The van der Waals surface area contributed by atoms with Crippen LogP contribution in [0.3, 0.4) is 0 Å². The topological polar surface area (TPSA) is 73.6 Å². The second kappa shape index (κ2) is 12.6. The molecular formula is C28H29F4N5OS. The van der Waals surface area contributed by atoms with Gasteiger partial charge in [-0.25, -0.2) is 9.07 Å². The van der Waals surface area contributed by atoms with Crippen LogP contribution in [0.4, 0.5) is 17.6 Å². The van der Waals surface area contributed by atoms with E-state index < -0.39 is 11.7 Å². The van der Waals surface area contributed by atoms with Gasteiger partial charge < -0.3 is 0 Å². The van der Waals surface area contributed by atoms with Crippen molar-refractivity contribution in [3.05, 3.63) is 92.2 Å². The Kier molecular flexibility index (Phi) is 9.21. The summed E-state index contributed by atoms with van der Waals surface area (Å²) in [6, 6.07) is 10.5. The number of halogens is 4. The number of hydrogen-bond donors (Lipinski definition) is 0. The Bertz CT molecular complexity index is 1440. The summed E-state index contributed by atoms with van der Waals surface area (Å²) >= 11 is 1.37. The van der Waals surface area contributed by atoms with Crippen molar-refractivity contribution in [2.24, 2.45) is 0 Å². The molecule has 1 aliphatic carbocycles. The van der Waals surface area contributed by atoms with Gasteiger partial charge in [-0.1, -0.05) is 49.7 Å². The van der Waals surface area contributed by atoms with Crippen LogP contribution in [0.1, 0.15) is 72.3 Å². The molecule has 1 saturated carbocycles. The van der Waals surface area contributed by atoms with Gasteiger partial charge in [-0.15, -0.1) is 10.2 Å². The Hall–Kier alpha value is -3.47. The molecule has 0 N–H and O–H groups in total. The van der Waals surface area contributed by atoms with Crippen LogP contribution < -0.4 is 5.56 Å². The minimum Gasteiger partial charge on any atom is -0.267 e. The lowest BCUT2D eigenvalue weighted by Gasteiger charge is -2.22. The first-order valence-electron chi connectivity index (χ1n) is 12.8. The van der Waals surface area contributed by atoms with E-state index in [1.165, 1.54) is 35.7 Å². The van der Waals surface area contributed by atoms with Crippen LogP contribution in [0.5, 0.6) is 0 Å². The molecule has 11 heteroatoms. The van der Waals surface area contributed by atoms with Gasteiger partial charge in [0.25, 0.3) is 5.56 Å². The highest BCUT2D eigenvalue weighted by Gasteiger charge is 2.34. The molecule has 6 nitrogen and oxygen atoms in total. The first kappa shape index (κ1) is 28.5. The molecule has 206 valence electrons. The van der Waals surface area contributed by atoms with Crippen molar-refractivity contribution >= 4 is 11.3 Å². The van der Waals surface area contributed by atoms with Gasteiger partial charge in [0.05, 0.1) is 17.8 Å². The fourth-order valence-electron chi connectivity index (χ4n) is 4.55. The summed E-state index contributed by atoms with van der Waals surface area (Å²) in [5, 5.41) is 14.0. The molecule has 1 aliphatic rings. The summed E-state index contributed by atoms with van der Waals surface area (Å²) in [7, 11) is 0. The molecule has 39 heavy (non-hydrogen) atoms. The Morgan fingerprint density at radius 2 is 1.82 bits per heavy atom. The average molecular weight is 560 g/mol. The summed E-state index contributed by atoms with van der Waals surface area (Å²) in [4.78, 5) is 17.1. The molecular weight excluding hydrogens is 530 g/mol. The van der Waals surface area contributed by atoms with E-state index >= 15 is 0 Å². The standard InChI is InChI=1S/C21H22F3N5OS.C7H7F/c1-2-18-26-27-19(31-18)16-11-14(13-7-4-3-5-8-13)20(30)29(28-16)12-17-15(21(22,23)24)9-6-10-25-17;1-6-3-2-4-7(8)5-6/h6,9-11,13H,2-5,7-8,12H2,1H3;2-5H,1H3. The zero-order chi connectivity index (χ0) is 28.0. The predicted octanol–water partition coefficient (Wildman–Crippen LogP) is 6.97. The minimum absolute atomic E-state index is 0.0682. The molecule has 0 aliphatic heterocycles. The zero-order valence-electron chi connectivity index (χ0n) is 21.7. The maximum atomic E-state index is 13.4. The van der Waals surface area contributed by atoms with Crippen LogP contribution >= 0.6 is 11.3 Å². The van der Waals surface area contributed by atoms with E-state index in [2.05, 4.69) is 20.3 Å². The van der Waals surface area contributed by atoms with Crippen LogP contribution in [0.25, 0.3) is 10.7 Å². The molecule has 3 heterocycles. The van der Waals surface area contributed by atoms with Crippen LogP contribution in [0.15, 0.2) is 53.5 Å². The summed E-state index contributed by atoms with van der Waals surface area (Å²) in [6.07, 6.45) is 2.39. The van der Waals surface area contributed by atoms with Crippen molar-refractivity contribution in [3.8, 4) is 10.7 Å². The summed E-state index contributed by atoms with van der Waals surface area (Å²) < 4.78 is 53.6. The van der Waals surface area contributed by atoms with E-state index in [0.29, 0.717) is 16.3 Å². The molecule has 0 bridgehead atoms. The lowest BCUT2D eigenvalue weighted by atomic mass is 9.84. The van der Waals surface area contributed by atoms with Crippen molar-refractivity contribution in [1.29, 1.82) is 0 Å². The highest BCUT2D eigenvalue weighted by Crippen LogP contribution is 2.34. The lowest BCUT2D eigenvalue weighted by Crippen LogP contribution is -2.30. The largest absolute Gasteiger partial charge is 0.418 e. The van der Waals surface area contributed by atoms with Crippen LogP contribution in [0.2, 0.25) is 0 Å². The van der Waals surface area contributed by atoms with Crippen LogP contribution in [-0.4, -0.2) is 25.0 Å². The second-order valence-corrected chi connectivity index (χ2v) is 10.5. The Morgan fingerprint density at radius 1 is 1.05 bits per heavy atom. The molecule has 0 atom stereocenters. The van der Waals surface area contributed by atoms with Crippen molar-refractivity contribution in [3.63, 3.8) is 0 Å². The maximum absolute atomic E-state index is 13.4.